The average molecular weight is 332 g/mol. The Balaban J connectivity index is 2.78. The summed E-state index contributed by atoms with van der Waals surface area (Å²) in [6, 6.07) is 2.65. The van der Waals surface area contributed by atoms with Gasteiger partial charge in [-0.3, -0.25) is 0 Å². The molecule has 0 aliphatic carbocycles. The minimum atomic E-state index is -0.544. The maximum absolute atomic E-state index is 13.9. The number of hydrogen-bond donors (Lipinski definition) is 1. The summed E-state index contributed by atoms with van der Waals surface area (Å²) in [5.74, 6) is -1.07. The highest BCUT2D eigenvalue weighted by atomic mass is 79.9. The summed E-state index contributed by atoms with van der Waals surface area (Å²) in [6.07, 6.45) is 2.58. The fraction of sp³-hybridized carbons (Fsp3) is 0.467. The van der Waals surface area contributed by atoms with E-state index in [2.05, 4.69) is 42.0 Å². The number of halogens is 3. The van der Waals surface area contributed by atoms with Gasteiger partial charge >= 0.3 is 0 Å². The van der Waals surface area contributed by atoms with Crippen LogP contribution in [0.3, 0.4) is 0 Å². The molecule has 4 heteroatoms. The van der Waals surface area contributed by atoms with Gasteiger partial charge in [0, 0.05) is 11.1 Å². The Hall–Kier alpha value is -0.740. The van der Waals surface area contributed by atoms with Gasteiger partial charge < -0.3 is 5.32 Å². The predicted octanol–water partition coefficient (Wildman–Crippen LogP) is 4.91. The van der Waals surface area contributed by atoms with E-state index in [9.17, 15) is 8.78 Å². The van der Waals surface area contributed by atoms with Crippen LogP contribution in [0.2, 0.25) is 0 Å². The van der Waals surface area contributed by atoms with Crippen LogP contribution in [0.25, 0.3) is 5.57 Å². The van der Waals surface area contributed by atoms with Crippen LogP contribution in [-0.4, -0.2) is 12.1 Å². The fourth-order valence-electron chi connectivity index (χ4n) is 1.73. The summed E-state index contributed by atoms with van der Waals surface area (Å²) >= 11 is 3.08. The quantitative estimate of drug-likeness (QED) is 0.610. The van der Waals surface area contributed by atoms with Crippen LogP contribution < -0.4 is 5.32 Å². The van der Waals surface area contributed by atoms with E-state index in [1.165, 1.54) is 12.1 Å². The van der Waals surface area contributed by atoms with Crippen LogP contribution in [0.1, 0.15) is 39.7 Å². The highest BCUT2D eigenvalue weighted by Gasteiger charge is 2.13. The minimum absolute atomic E-state index is 0.0464. The van der Waals surface area contributed by atoms with Gasteiger partial charge in [-0.25, -0.2) is 8.78 Å². The standard InChI is InChI=1S/C15H20BrF2N/c1-10(6-5-9-19-15(2,3)4)13-12(17)8-7-11(16)14(13)18/h6-8,19H,5,9H2,1-4H3/b10-6-. The van der Waals surface area contributed by atoms with Gasteiger partial charge in [0.05, 0.1) is 4.47 Å². The molecule has 1 aromatic carbocycles. The molecule has 0 atom stereocenters. The molecule has 0 aliphatic rings. The molecular weight excluding hydrogens is 312 g/mol. The maximum Gasteiger partial charge on any atom is 0.147 e. The van der Waals surface area contributed by atoms with Crippen molar-refractivity contribution in [2.24, 2.45) is 0 Å². The predicted molar refractivity (Wildman–Crippen MR) is 80.1 cm³/mol. The lowest BCUT2D eigenvalue weighted by molar-refractivity contribution is 0.431. The average Bonchev–Trinajstić information content (AvgIpc) is 2.29. The molecular formula is C15H20BrF2N. The van der Waals surface area contributed by atoms with E-state index < -0.39 is 11.6 Å². The van der Waals surface area contributed by atoms with Crippen LogP contribution in [0.4, 0.5) is 8.78 Å². The molecule has 19 heavy (non-hydrogen) atoms. The number of benzene rings is 1. The smallest absolute Gasteiger partial charge is 0.147 e. The lowest BCUT2D eigenvalue weighted by atomic mass is 10.0. The van der Waals surface area contributed by atoms with E-state index in [0.29, 0.717) is 5.57 Å². The van der Waals surface area contributed by atoms with E-state index in [1.807, 2.05) is 6.08 Å². The highest BCUT2D eigenvalue weighted by Crippen LogP contribution is 2.27. The van der Waals surface area contributed by atoms with Crippen molar-refractivity contribution in [1.82, 2.24) is 5.32 Å². The zero-order valence-corrected chi connectivity index (χ0v) is 13.4. The van der Waals surface area contributed by atoms with Crippen molar-refractivity contribution >= 4 is 21.5 Å². The lowest BCUT2D eigenvalue weighted by Crippen LogP contribution is -2.36. The molecule has 0 aliphatic heterocycles. The van der Waals surface area contributed by atoms with Crippen molar-refractivity contribution in [2.45, 2.75) is 39.7 Å². The van der Waals surface area contributed by atoms with Crippen LogP contribution in [0.15, 0.2) is 22.7 Å². The molecule has 0 saturated heterocycles. The van der Waals surface area contributed by atoms with Gasteiger partial charge in [-0.05, 0) is 74.3 Å². The van der Waals surface area contributed by atoms with Crippen LogP contribution in [-0.2, 0) is 0 Å². The first-order chi connectivity index (χ1) is 8.72. The van der Waals surface area contributed by atoms with Crippen LogP contribution in [0, 0.1) is 11.6 Å². The Kier molecular flexibility index (Phi) is 5.68. The Labute approximate surface area is 122 Å². The third-order valence-corrected chi connectivity index (χ3v) is 3.30. The number of nitrogens with one attached hydrogen (secondary N) is 1. The zero-order chi connectivity index (χ0) is 14.6. The van der Waals surface area contributed by atoms with E-state index in [1.54, 1.807) is 6.92 Å². The van der Waals surface area contributed by atoms with Gasteiger partial charge in [0.2, 0.25) is 0 Å². The largest absolute Gasteiger partial charge is 0.312 e. The highest BCUT2D eigenvalue weighted by molar-refractivity contribution is 9.10. The van der Waals surface area contributed by atoms with Gasteiger partial charge in [0.15, 0.2) is 0 Å². The number of allylic oxidation sites excluding steroid dienone is 1. The summed E-state index contributed by atoms with van der Waals surface area (Å²) in [5, 5.41) is 3.33. The molecule has 0 aromatic heterocycles. The van der Waals surface area contributed by atoms with Crippen molar-refractivity contribution < 1.29 is 8.78 Å². The molecule has 0 saturated carbocycles. The molecule has 0 spiro atoms. The fourth-order valence-corrected chi connectivity index (χ4v) is 2.06. The van der Waals surface area contributed by atoms with E-state index in [-0.39, 0.29) is 15.6 Å². The number of hydrogen-bond acceptors (Lipinski definition) is 1. The zero-order valence-electron chi connectivity index (χ0n) is 11.8. The molecule has 0 heterocycles. The Morgan fingerprint density at radius 1 is 1.32 bits per heavy atom. The van der Waals surface area contributed by atoms with Gasteiger partial charge in [-0.15, -0.1) is 0 Å². The summed E-state index contributed by atoms with van der Waals surface area (Å²) in [5.41, 5.74) is 0.714. The summed E-state index contributed by atoms with van der Waals surface area (Å²) < 4.78 is 27.8. The second kappa shape index (κ2) is 6.62. The first kappa shape index (κ1) is 16.3. The third-order valence-electron chi connectivity index (χ3n) is 2.69. The Morgan fingerprint density at radius 2 is 1.95 bits per heavy atom. The van der Waals surface area contributed by atoms with E-state index in [4.69, 9.17) is 0 Å². The Morgan fingerprint density at radius 3 is 2.53 bits per heavy atom. The van der Waals surface area contributed by atoms with E-state index in [0.717, 1.165) is 13.0 Å². The lowest BCUT2D eigenvalue weighted by Gasteiger charge is -2.19. The minimum Gasteiger partial charge on any atom is -0.312 e. The Bertz CT molecular complexity index is 476. The molecule has 1 nitrogen and oxygen atoms in total. The maximum atomic E-state index is 13.9. The van der Waals surface area contributed by atoms with Crippen molar-refractivity contribution in [2.75, 3.05) is 6.54 Å². The summed E-state index contributed by atoms with van der Waals surface area (Å²) in [7, 11) is 0. The molecule has 0 bridgehead atoms. The molecule has 106 valence electrons. The molecule has 1 rings (SSSR count). The van der Waals surface area contributed by atoms with Crippen molar-refractivity contribution in [3.8, 4) is 0 Å². The molecule has 0 amide bonds. The van der Waals surface area contributed by atoms with Gasteiger partial charge in [0.25, 0.3) is 0 Å². The first-order valence-corrected chi connectivity index (χ1v) is 7.07. The van der Waals surface area contributed by atoms with Crippen LogP contribution >= 0.6 is 15.9 Å². The molecule has 1 N–H and O–H groups in total. The first-order valence-electron chi connectivity index (χ1n) is 6.28. The van der Waals surface area contributed by atoms with Crippen molar-refractivity contribution in [1.29, 1.82) is 0 Å². The monoisotopic (exact) mass is 331 g/mol. The van der Waals surface area contributed by atoms with Crippen molar-refractivity contribution in [3.05, 3.63) is 39.9 Å². The van der Waals surface area contributed by atoms with Crippen molar-refractivity contribution in [3.63, 3.8) is 0 Å². The summed E-state index contributed by atoms with van der Waals surface area (Å²) in [6.45, 7) is 8.74. The molecule has 0 unspecified atom stereocenters. The van der Waals surface area contributed by atoms with Gasteiger partial charge in [-0.1, -0.05) is 6.08 Å². The SMILES string of the molecule is C/C(=C/CCNC(C)(C)C)c1c(F)ccc(Br)c1F. The van der Waals surface area contributed by atoms with Gasteiger partial charge in [-0.2, -0.15) is 0 Å². The molecule has 0 radical (unpaired) electrons. The second-order valence-corrected chi connectivity index (χ2v) is 6.43. The summed E-state index contributed by atoms with van der Waals surface area (Å²) in [4.78, 5) is 0. The molecule has 1 aromatic rings. The molecule has 0 fully saturated rings. The number of rotatable bonds is 4. The van der Waals surface area contributed by atoms with Crippen LogP contribution in [0.5, 0.6) is 0 Å². The third kappa shape index (κ3) is 5.03. The topological polar surface area (TPSA) is 12.0 Å². The normalized spacial score (nSPS) is 12.9. The second-order valence-electron chi connectivity index (χ2n) is 5.57. The van der Waals surface area contributed by atoms with E-state index >= 15 is 0 Å². The van der Waals surface area contributed by atoms with Gasteiger partial charge in [0.1, 0.15) is 11.6 Å².